The van der Waals surface area contributed by atoms with Crippen molar-refractivity contribution in [2.24, 2.45) is 5.92 Å². The molecule has 1 saturated heterocycles. The molecule has 0 aliphatic carbocycles. The van der Waals surface area contributed by atoms with Crippen LogP contribution >= 0.6 is 11.6 Å². The first-order chi connectivity index (χ1) is 8.19. The van der Waals surface area contributed by atoms with E-state index in [1.54, 1.807) is 6.20 Å². The fourth-order valence-electron chi connectivity index (χ4n) is 2.13. The van der Waals surface area contributed by atoms with Crippen LogP contribution in [0.4, 0.5) is 0 Å². The summed E-state index contributed by atoms with van der Waals surface area (Å²) >= 11 is 5.83. The Balaban J connectivity index is 1.92. The fraction of sp³-hybridized carbons (Fsp3) is 0.500. The van der Waals surface area contributed by atoms with Gasteiger partial charge in [-0.1, -0.05) is 11.6 Å². The molecule has 1 aromatic heterocycles. The van der Waals surface area contributed by atoms with Crippen LogP contribution in [0.1, 0.15) is 12.0 Å². The van der Waals surface area contributed by atoms with Gasteiger partial charge in [0.2, 0.25) is 0 Å². The molecule has 17 heavy (non-hydrogen) atoms. The molecule has 1 unspecified atom stereocenters. The number of nitrogens with zero attached hydrogens (tertiary/aromatic N) is 2. The van der Waals surface area contributed by atoms with Crippen molar-refractivity contribution in [2.75, 3.05) is 20.2 Å². The van der Waals surface area contributed by atoms with E-state index in [1.165, 1.54) is 7.11 Å². The molecular formula is C12H15ClN2O2. The molecule has 0 saturated carbocycles. The maximum Gasteiger partial charge on any atom is 0.310 e. The van der Waals surface area contributed by atoms with Gasteiger partial charge in [0, 0.05) is 19.3 Å². The van der Waals surface area contributed by atoms with Crippen molar-refractivity contribution in [3.8, 4) is 0 Å². The summed E-state index contributed by atoms with van der Waals surface area (Å²) in [5.74, 6) is -0.0995. The van der Waals surface area contributed by atoms with Crippen LogP contribution in [0.2, 0.25) is 5.15 Å². The zero-order valence-corrected chi connectivity index (χ0v) is 10.5. The van der Waals surface area contributed by atoms with Crippen molar-refractivity contribution in [2.45, 2.75) is 13.0 Å². The Morgan fingerprint density at radius 2 is 2.53 bits per heavy atom. The van der Waals surface area contributed by atoms with Crippen LogP contribution in [0, 0.1) is 5.92 Å². The molecule has 0 aromatic carbocycles. The van der Waals surface area contributed by atoms with Crippen LogP contribution in [0.5, 0.6) is 0 Å². The fourth-order valence-corrected chi connectivity index (χ4v) is 2.33. The number of esters is 1. The van der Waals surface area contributed by atoms with E-state index in [1.807, 2.05) is 12.1 Å². The minimum Gasteiger partial charge on any atom is -0.469 e. The second-order valence-electron chi connectivity index (χ2n) is 4.23. The molecule has 0 radical (unpaired) electrons. The lowest BCUT2D eigenvalue weighted by atomic mass is 10.1. The quantitative estimate of drug-likeness (QED) is 0.609. The Bertz CT molecular complexity index is 411. The average Bonchev–Trinajstić information content (AvgIpc) is 2.76. The van der Waals surface area contributed by atoms with Crippen molar-refractivity contribution in [3.05, 3.63) is 29.0 Å². The van der Waals surface area contributed by atoms with Crippen molar-refractivity contribution in [3.63, 3.8) is 0 Å². The summed E-state index contributed by atoms with van der Waals surface area (Å²) in [7, 11) is 1.44. The number of hydrogen-bond donors (Lipinski definition) is 0. The largest absolute Gasteiger partial charge is 0.469 e. The Morgan fingerprint density at radius 3 is 3.24 bits per heavy atom. The lowest BCUT2D eigenvalue weighted by Gasteiger charge is -2.15. The van der Waals surface area contributed by atoms with Crippen molar-refractivity contribution in [1.82, 2.24) is 9.88 Å². The number of methoxy groups -OCH3 is 1. The first-order valence-electron chi connectivity index (χ1n) is 5.59. The van der Waals surface area contributed by atoms with E-state index in [4.69, 9.17) is 16.3 Å². The van der Waals surface area contributed by atoms with E-state index in [9.17, 15) is 4.79 Å². The van der Waals surface area contributed by atoms with Gasteiger partial charge >= 0.3 is 5.97 Å². The minimum atomic E-state index is -0.111. The molecule has 0 spiro atoms. The number of carbonyl (C=O) groups excluding carboxylic acids is 1. The van der Waals surface area contributed by atoms with Gasteiger partial charge in [-0.2, -0.15) is 0 Å². The van der Waals surface area contributed by atoms with Gasteiger partial charge in [0.05, 0.1) is 13.0 Å². The first kappa shape index (κ1) is 12.3. The van der Waals surface area contributed by atoms with Gasteiger partial charge < -0.3 is 4.74 Å². The molecule has 2 rings (SSSR count). The van der Waals surface area contributed by atoms with E-state index in [-0.39, 0.29) is 11.9 Å². The van der Waals surface area contributed by atoms with Crippen LogP contribution in [-0.4, -0.2) is 36.1 Å². The van der Waals surface area contributed by atoms with Gasteiger partial charge in [0.15, 0.2) is 0 Å². The molecule has 0 bridgehead atoms. The Hall–Kier alpha value is -1.13. The third-order valence-corrected chi connectivity index (χ3v) is 3.21. The molecule has 4 nitrogen and oxygen atoms in total. The number of aromatic nitrogens is 1. The lowest BCUT2D eigenvalue weighted by Crippen LogP contribution is -2.23. The third kappa shape index (κ3) is 3.17. The standard InChI is InChI=1S/C12H15ClN2O2/c1-17-12(16)10-3-5-15(8-10)7-9-2-4-14-11(13)6-9/h2,4,6,10H,3,5,7-8H2,1H3. The Labute approximate surface area is 106 Å². The molecule has 0 N–H and O–H groups in total. The molecule has 1 aliphatic rings. The van der Waals surface area contributed by atoms with Crippen molar-refractivity contribution in [1.29, 1.82) is 0 Å². The van der Waals surface area contributed by atoms with E-state index in [0.29, 0.717) is 5.15 Å². The first-order valence-corrected chi connectivity index (χ1v) is 5.97. The minimum absolute atomic E-state index is 0.0114. The predicted molar refractivity (Wildman–Crippen MR) is 64.6 cm³/mol. The SMILES string of the molecule is COC(=O)C1CCN(Cc2ccnc(Cl)c2)C1. The highest BCUT2D eigenvalue weighted by Gasteiger charge is 2.28. The Kier molecular flexibility index (Phi) is 3.97. The number of hydrogen-bond acceptors (Lipinski definition) is 4. The van der Waals surface area contributed by atoms with Gasteiger partial charge in [0.1, 0.15) is 5.15 Å². The van der Waals surface area contributed by atoms with E-state index in [0.717, 1.165) is 31.6 Å². The number of halogens is 1. The Morgan fingerprint density at radius 1 is 1.71 bits per heavy atom. The summed E-state index contributed by atoms with van der Waals surface area (Å²) in [6.07, 6.45) is 2.57. The predicted octanol–water partition coefficient (Wildman–Crippen LogP) is 1.73. The van der Waals surface area contributed by atoms with Gasteiger partial charge in [-0.25, -0.2) is 4.98 Å². The van der Waals surface area contributed by atoms with E-state index in [2.05, 4.69) is 9.88 Å². The van der Waals surface area contributed by atoms with Gasteiger partial charge in [-0.05, 0) is 30.7 Å². The van der Waals surface area contributed by atoms with Crippen molar-refractivity contribution >= 4 is 17.6 Å². The second-order valence-corrected chi connectivity index (χ2v) is 4.62. The molecule has 1 aromatic rings. The zero-order valence-electron chi connectivity index (χ0n) is 9.73. The monoisotopic (exact) mass is 254 g/mol. The highest BCUT2D eigenvalue weighted by molar-refractivity contribution is 6.29. The second kappa shape index (κ2) is 5.47. The van der Waals surface area contributed by atoms with Crippen LogP contribution in [0.3, 0.4) is 0 Å². The molecule has 2 heterocycles. The normalized spacial score (nSPS) is 20.5. The van der Waals surface area contributed by atoms with Crippen molar-refractivity contribution < 1.29 is 9.53 Å². The smallest absolute Gasteiger partial charge is 0.310 e. The highest BCUT2D eigenvalue weighted by atomic mass is 35.5. The molecule has 1 aliphatic heterocycles. The summed E-state index contributed by atoms with van der Waals surface area (Å²) in [4.78, 5) is 17.6. The van der Waals surface area contributed by atoms with Crippen LogP contribution in [-0.2, 0) is 16.1 Å². The van der Waals surface area contributed by atoms with Gasteiger partial charge in [-0.3, -0.25) is 9.69 Å². The summed E-state index contributed by atoms with van der Waals surface area (Å²) in [6.45, 7) is 2.47. The lowest BCUT2D eigenvalue weighted by molar-refractivity contribution is -0.144. The number of pyridine rings is 1. The average molecular weight is 255 g/mol. The number of rotatable bonds is 3. The summed E-state index contributed by atoms with van der Waals surface area (Å²) in [6, 6.07) is 3.80. The molecule has 5 heteroatoms. The summed E-state index contributed by atoms with van der Waals surface area (Å²) in [5, 5.41) is 0.506. The molecule has 0 amide bonds. The van der Waals surface area contributed by atoms with Crippen LogP contribution in [0.25, 0.3) is 0 Å². The highest BCUT2D eigenvalue weighted by Crippen LogP contribution is 2.20. The van der Waals surface area contributed by atoms with Crippen LogP contribution < -0.4 is 0 Å². The van der Waals surface area contributed by atoms with E-state index < -0.39 is 0 Å². The van der Waals surface area contributed by atoms with Gasteiger partial charge in [-0.15, -0.1) is 0 Å². The zero-order chi connectivity index (χ0) is 12.3. The maximum absolute atomic E-state index is 11.4. The summed E-state index contributed by atoms with van der Waals surface area (Å²) in [5.41, 5.74) is 1.12. The summed E-state index contributed by atoms with van der Waals surface area (Å²) < 4.78 is 4.76. The van der Waals surface area contributed by atoms with Gasteiger partial charge in [0.25, 0.3) is 0 Å². The van der Waals surface area contributed by atoms with Crippen LogP contribution in [0.15, 0.2) is 18.3 Å². The molecular weight excluding hydrogens is 240 g/mol. The van der Waals surface area contributed by atoms with E-state index >= 15 is 0 Å². The topological polar surface area (TPSA) is 42.4 Å². The number of ether oxygens (including phenoxy) is 1. The molecule has 92 valence electrons. The maximum atomic E-state index is 11.4. The molecule has 1 atom stereocenters. The number of likely N-dealkylation sites (tertiary alicyclic amines) is 1. The number of carbonyl (C=O) groups is 1. The molecule has 1 fully saturated rings. The third-order valence-electron chi connectivity index (χ3n) is 3.00.